The van der Waals surface area contributed by atoms with Gasteiger partial charge in [-0.05, 0) is 31.0 Å². The summed E-state index contributed by atoms with van der Waals surface area (Å²) in [5.74, 6) is 0.958. The van der Waals surface area contributed by atoms with Crippen LogP contribution in [-0.2, 0) is 6.42 Å². The van der Waals surface area contributed by atoms with Gasteiger partial charge < -0.3 is 10.1 Å². The number of nitrogens with one attached hydrogen (secondary N) is 1. The molecule has 0 saturated heterocycles. The molecule has 2 aromatic rings. The molecule has 3 heteroatoms. The van der Waals surface area contributed by atoms with Gasteiger partial charge in [-0.25, -0.2) is 0 Å². The van der Waals surface area contributed by atoms with Gasteiger partial charge in [0.2, 0.25) is 0 Å². The molecule has 1 unspecified atom stereocenters. The van der Waals surface area contributed by atoms with Gasteiger partial charge >= 0.3 is 0 Å². The van der Waals surface area contributed by atoms with E-state index in [0.29, 0.717) is 11.3 Å². The van der Waals surface area contributed by atoms with Crippen molar-refractivity contribution in [1.82, 2.24) is 5.32 Å². The molecule has 21 heavy (non-hydrogen) atoms. The fraction of sp³-hybridized carbons (Fsp3) is 0.333. The maximum Gasteiger partial charge on any atom is 0.123 e. The zero-order chi connectivity index (χ0) is 14.7. The Hall–Kier alpha value is -1.45. The molecule has 1 aliphatic heterocycles. The van der Waals surface area contributed by atoms with Crippen LogP contribution in [0.3, 0.4) is 0 Å². The molecule has 2 nitrogen and oxygen atoms in total. The summed E-state index contributed by atoms with van der Waals surface area (Å²) in [5.41, 5.74) is 2.71. The molecular weight excluding hydrogens is 278 g/mol. The first-order valence-corrected chi connectivity index (χ1v) is 8.26. The highest BCUT2D eigenvalue weighted by molar-refractivity contribution is 8.00. The third-order valence-corrected chi connectivity index (χ3v) is 5.29. The number of ether oxygens (including phenoxy) is 1. The highest BCUT2D eigenvalue weighted by atomic mass is 32.2. The minimum absolute atomic E-state index is 0.297. The fourth-order valence-electron chi connectivity index (χ4n) is 2.81. The molecular formula is C18H21NOS. The summed E-state index contributed by atoms with van der Waals surface area (Å²) in [5, 5.41) is 4.27. The molecule has 2 atom stereocenters. The quantitative estimate of drug-likeness (QED) is 0.899. The van der Waals surface area contributed by atoms with E-state index in [4.69, 9.17) is 4.74 Å². The smallest absolute Gasteiger partial charge is 0.123 e. The predicted octanol–water partition coefficient (Wildman–Crippen LogP) is 4.06. The van der Waals surface area contributed by atoms with E-state index in [1.807, 2.05) is 23.9 Å². The highest BCUT2D eigenvalue weighted by Gasteiger charge is 2.22. The lowest BCUT2D eigenvalue weighted by molar-refractivity contribution is 0.401. The average Bonchev–Trinajstić information content (AvgIpc) is 2.95. The molecule has 2 aromatic carbocycles. The summed E-state index contributed by atoms with van der Waals surface area (Å²) in [7, 11) is 1.73. The third kappa shape index (κ3) is 3.25. The van der Waals surface area contributed by atoms with Crippen LogP contribution in [0.2, 0.25) is 0 Å². The molecule has 110 valence electrons. The van der Waals surface area contributed by atoms with E-state index in [0.717, 1.165) is 18.7 Å². The van der Waals surface area contributed by atoms with Gasteiger partial charge in [0.15, 0.2) is 0 Å². The van der Waals surface area contributed by atoms with Crippen molar-refractivity contribution in [2.24, 2.45) is 0 Å². The minimum Gasteiger partial charge on any atom is -0.496 e. The van der Waals surface area contributed by atoms with Gasteiger partial charge in [-0.3, -0.25) is 0 Å². The molecule has 1 heterocycles. The van der Waals surface area contributed by atoms with Gasteiger partial charge in [-0.1, -0.05) is 36.4 Å². The maximum atomic E-state index is 5.44. The number of methoxy groups -OCH3 is 1. The van der Waals surface area contributed by atoms with E-state index in [-0.39, 0.29) is 0 Å². The molecule has 0 bridgehead atoms. The van der Waals surface area contributed by atoms with Crippen LogP contribution in [0.1, 0.15) is 24.1 Å². The number of hydrogen-bond acceptors (Lipinski definition) is 3. The number of hydrogen-bond donors (Lipinski definition) is 1. The van der Waals surface area contributed by atoms with Crippen LogP contribution in [-0.4, -0.2) is 18.9 Å². The Bertz CT molecular complexity index is 589. The molecule has 0 fully saturated rings. The first-order chi connectivity index (χ1) is 10.3. The summed E-state index contributed by atoms with van der Waals surface area (Å²) in [6.45, 7) is 3.21. The van der Waals surface area contributed by atoms with Crippen molar-refractivity contribution in [3.8, 4) is 5.75 Å². The van der Waals surface area contributed by atoms with Crippen molar-refractivity contribution in [1.29, 1.82) is 0 Å². The number of para-hydroxylation sites is 1. The fourth-order valence-corrected chi connectivity index (χ4v) is 4.07. The van der Waals surface area contributed by atoms with Gasteiger partial charge in [0.05, 0.1) is 7.11 Å². The topological polar surface area (TPSA) is 21.3 Å². The Morgan fingerprint density at radius 1 is 1.19 bits per heavy atom. The van der Waals surface area contributed by atoms with Crippen LogP contribution >= 0.6 is 11.8 Å². The number of thioether (sulfide) groups is 1. The second-order valence-corrected chi connectivity index (χ2v) is 6.77. The van der Waals surface area contributed by atoms with E-state index < -0.39 is 0 Å². The summed E-state index contributed by atoms with van der Waals surface area (Å²) in [6, 6.07) is 17.3. The Morgan fingerprint density at radius 3 is 2.76 bits per heavy atom. The van der Waals surface area contributed by atoms with Crippen molar-refractivity contribution in [3.05, 3.63) is 59.7 Å². The summed E-state index contributed by atoms with van der Waals surface area (Å²) < 4.78 is 5.44. The number of fused-ring (bicyclic) bond motifs is 1. The summed E-state index contributed by atoms with van der Waals surface area (Å²) in [4.78, 5) is 1.44. The Labute approximate surface area is 130 Å². The Kier molecular flexibility index (Phi) is 4.51. The molecule has 0 saturated carbocycles. The molecule has 0 aliphatic carbocycles. The SMILES string of the molecule is COc1ccccc1[C@H](C)NCC1Cc2ccccc2S1. The van der Waals surface area contributed by atoms with E-state index in [1.165, 1.54) is 16.0 Å². The van der Waals surface area contributed by atoms with Crippen LogP contribution in [0.4, 0.5) is 0 Å². The van der Waals surface area contributed by atoms with Crippen molar-refractivity contribution in [3.63, 3.8) is 0 Å². The van der Waals surface area contributed by atoms with Crippen LogP contribution < -0.4 is 10.1 Å². The summed E-state index contributed by atoms with van der Waals surface area (Å²) in [6.07, 6.45) is 1.16. The van der Waals surface area contributed by atoms with Crippen molar-refractivity contribution in [2.45, 2.75) is 29.5 Å². The van der Waals surface area contributed by atoms with Crippen LogP contribution in [0, 0.1) is 0 Å². The van der Waals surface area contributed by atoms with Crippen LogP contribution in [0.25, 0.3) is 0 Å². The van der Waals surface area contributed by atoms with Crippen LogP contribution in [0.5, 0.6) is 5.75 Å². The molecule has 0 radical (unpaired) electrons. The lowest BCUT2D eigenvalue weighted by atomic mass is 10.1. The van der Waals surface area contributed by atoms with Crippen molar-refractivity contribution < 1.29 is 4.74 Å². The first kappa shape index (κ1) is 14.5. The largest absolute Gasteiger partial charge is 0.496 e. The molecule has 3 rings (SSSR count). The molecule has 0 spiro atoms. The lowest BCUT2D eigenvalue weighted by Crippen LogP contribution is -2.27. The zero-order valence-corrected chi connectivity index (χ0v) is 13.3. The van der Waals surface area contributed by atoms with Crippen molar-refractivity contribution >= 4 is 11.8 Å². The van der Waals surface area contributed by atoms with Gasteiger partial charge in [-0.15, -0.1) is 11.8 Å². The Morgan fingerprint density at radius 2 is 1.95 bits per heavy atom. The number of rotatable bonds is 5. The van der Waals surface area contributed by atoms with Gasteiger partial charge in [-0.2, -0.15) is 0 Å². The maximum absolute atomic E-state index is 5.44. The molecule has 1 N–H and O–H groups in total. The summed E-state index contributed by atoms with van der Waals surface area (Å²) >= 11 is 1.99. The molecule has 0 amide bonds. The monoisotopic (exact) mass is 299 g/mol. The van der Waals surface area contributed by atoms with E-state index in [2.05, 4.69) is 48.6 Å². The van der Waals surface area contributed by atoms with Gasteiger partial charge in [0, 0.05) is 28.3 Å². The van der Waals surface area contributed by atoms with Gasteiger partial charge in [0.25, 0.3) is 0 Å². The normalized spacial score (nSPS) is 18.3. The second kappa shape index (κ2) is 6.54. The second-order valence-electron chi connectivity index (χ2n) is 5.42. The predicted molar refractivity (Wildman–Crippen MR) is 89.2 cm³/mol. The lowest BCUT2D eigenvalue weighted by Gasteiger charge is -2.19. The van der Waals surface area contributed by atoms with E-state index in [9.17, 15) is 0 Å². The van der Waals surface area contributed by atoms with Crippen molar-refractivity contribution in [2.75, 3.05) is 13.7 Å². The van der Waals surface area contributed by atoms with E-state index in [1.54, 1.807) is 7.11 Å². The zero-order valence-electron chi connectivity index (χ0n) is 12.5. The number of benzene rings is 2. The third-order valence-electron chi connectivity index (χ3n) is 3.97. The standard InChI is InChI=1S/C18H21NOS/c1-13(16-8-4-5-9-17(16)20-2)19-12-15-11-14-7-3-6-10-18(14)21-15/h3-10,13,15,19H,11-12H2,1-2H3/t13-,15?/m0/s1. The average molecular weight is 299 g/mol. The Balaban J connectivity index is 1.59. The van der Waals surface area contributed by atoms with Crippen LogP contribution in [0.15, 0.2) is 53.4 Å². The molecule has 0 aromatic heterocycles. The first-order valence-electron chi connectivity index (χ1n) is 7.39. The highest BCUT2D eigenvalue weighted by Crippen LogP contribution is 2.36. The van der Waals surface area contributed by atoms with Gasteiger partial charge in [0.1, 0.15) is 5.75 Å². The van der Waals surface area contributed by atoms with E-state index >= 15 is 0 Å². The molecule has 1 aliphatic rings. The minimum atomic E-state index is 0.297.